The van der Waals surface area contributed by atoms with Crippen molar-refractivity contribution >= 4 is 0 Å². The first-order chi connectivity index (χ1) is 8.84. The summed E-state index contributed by atoms with van der Waals surface area (Å²) in [7, 11) is 5.55. The van der Waals surface area contributed by atoms with E-state index in [2.05, 4.69) is 24.1 Å². The van der Waals surface area contributed by atoms with Gasteiger partial charge in [-0.3, -0.25) is 0 Å². The molecule has 0 heterocycles. The summed E-state index contributed by atoms with van der Waals surface area (Å²) in [6, 6.07) is 4.95. The van der Waals surface area contributed by atoms with Crippen LogP contribution in [0.1, 0.15) is 32.4 Å². The maximum Gasteiger partial charge on any atom is 0.131 e. The number of nitrogens with one attached hydrogen (secondary N) is 1. The third-order valence-electron chi connectivity index (χ3n) is 3.79. The molecular weight excluding hydrogens is 243 g/mol. The minimum atomic E-state index is -0.236. The fourth-order valence-electron chi connectivity index (χ4n) is 2.07. The van der Waals surface area contributed by atoms with Crippen LogP contribution in [0.25, 0.3) is 0 Å². The molecule has 0 saturated carbocycles. The first-order valence-electron chi connectivity index (χ1n) is 6.58. The lowest BCUT2D eigenvalue weighted by molar-refractivity contribution is 0.137. The normalized spacial score (nSPS) is 13.7. The molecule has 1 aromatic carbocycles. The van der Waals surface area contributed by atoms with Crippen LogP contribution in [0.4, 0.5) is 4.39 Å². The van der Waals surface area contributed by atoms with Crippen molar-refractivity contribution in [2.75, 3.05) is 27.7 Å². The highest BCUT2D eigenvalue weighted by Crippen LogP contribution is 2.32. The van der Waals surface area contributed by atoms with E-state index in [-0.39, 0.29) is 17.4 Å². The molecule has 1 atom stereocenters. The SMILES string of the molecule is CCNC(c1ccc(OC)cc1F)C(C)(C)N(C)C. The predicted molar refractivity (Wildman–Crippen MR) is 77.1 cm³/mol. The Morgan fingerprint density at radius 2 is 2.00 bits per heavy atom. The summed E-state index contributed by atoms with van der Waals surface area (Å²) in [6.45, 7) is 7.02. The third kappa shape index (κ3) is 3.45. The van der Waals surface area contributed by atoms with Crippen molar-refractivity contribution < 1.29 is 9.13 Å². The summed E-state index contributed by atoms with van der Waals surface area (Å²) in [6.07, 6.45) is 0. The van der Waals surface area contributed by atoms with Crippen LogP contribution in [-0.2, 0) is 0 Å². The monoisotopic (exact) mass is 268 g/mol. The Balaban J connectivity index is 3.19. The number of hydrogen-bond donors (Lipinski definition) is 1. The predicted octanol–water partition coefficient (Wildman–Crippen LogP) is 2.83. The van der Waals surface area contributed by atoms with Crippen molar-refractivity contribution in [2.45, 2.75) is 32.4 Å². The molecule has 1 rings (SSSR count). The van der Waals surface area contributed by atoms with Gasteiger partial charge in [-0.1, -0.05) is 13.0 Å². The first kappa shape index (κ1) is 15.9. The standard InChI is InChI=1S/C15H25FN2O/c1-7-17-14(15(2,3)18(4)5)12-9-8-11(19-6)10-13(12)16/h8-10,14,17H,7H2,1-6H3. The molecule has 1 N–H and O–H groups in total. The van der Waals surface area contributed by atoms with E-state index in [9.17, 15) is 4.39 Å². The number of hydrogen-bond acceptors (Lipinski definition) is 3. The van der Waals surface area contributed by atoms with E-state index < -0.39 is 0 Å². The first-order valence-corrected chi connectivity index (χ1v) is 6.58. The van der Waals surface area contributed by atoms with Crippen LogP contribution >= 0.6 is 0 Å². The molecular formula is C15H25FN2O. The maximum absolute atomic E-state index is 14.3. The van der Waals surface area contributed by atoms with Gasteiger partial charge in [-0.15, -0.1) is 0 Å². The number of benzene rings is 1. The number of nitrogens with zero attached hydrogens (tertiary/aromatic N) is 1. The molecule has 0 amide bonds. The van der Waals surface area contributed by atoms with Gasteiger partial charge in [0.15, 0.2) is 0 Å². The van der Waals surface area contributed by atoms with E-state index in [1.165, 1.54) is 6.07 Å². The molecule has 0 aromatic heterocycles. The lowest BCUT2D eigenvalue weighted by atomic mass is 9.87. The van der Waals surface area contributed by atoms with E-state index in [0.29, 0.717) is 11.3 Å². The Bertz CT molecular complexity index is 419. The largest absolute Gasteiger partial charge is 0.497 e. The molecule has 0 spiro atoms. The molecule has 0 aliphatic rings. The van der Waals surface area contributed by atoms with Crippen LogP contribution in [0.15, 0.2) is 18.2 Å². The Hall–Kier alpha value is -1.13. The van der Waals surface area contributed by atoms with Crippen molar-refractivity contribution in [1.29, 1.82) is 0 Å². The fourth-order valence-corrected chi connectivity index (χ4v) is 2.07. The molecule has 0 radical (unpaired) electrons. The van der Waals surface area contributed by atoms with Gasteiger partial charge in [-0.25, -0.2) is 4.39 Å². The quantitative estimate of drug-likeness (QED) is 0.858. The summed E-state index contributed by atoms with van der Waals surface area (Å²) in [5.74, 6) is 0.305. The average molecular weight is 268 g/mol. The van der Waals surface area contributed by atoms with Crippen molar-refractivity contribution in [3.05, 3.63) is 29.6 Å². The Kier molecular flexibility index (Phi) is 5.32. The van der Waals surface area contributed by atoms with E-state index in [0.717, 1.165) is 6.54 Å². The van der Waals surface area contributed by atoms with Crippen molar-refractivity contribution in [3.63, 3.8) is 0 Å². The number of likely N-dealkylation sites (N-methyl/N-ethyl adjacent to an activating group) is 2. The van der Waals surface area contributed by atoms with Crippen LogP contribution in [-0.4, -0.2) is 38.2 Å². The van der Waals surface area contributed by atoms with Gasteiger partial charge in [0.1, 0.15) is 11.6 Å². The third-order valence-corrected chi connectivity index (χ3v) is 3.79. The van der Waals surface area contributed by atoms with Gasteiger partial charge in [-0.2, -0.15) is 0 Å². The second-order valence-corrected chi connectivity index (χ2v) is 5.43. The van der Waals surface area contributed by atoms with Crippen LogP contribution in [0.2, 0.25) is 0 Å². The zero-order valence-corrected chi connectivity index (χ0v) is 12.7. The molecule has 1 aromatic rings. The summed E-state index contributed by atoms with van der Waals surface area (Å²) in [4.78, 5) is 2.10. The Morgan fingerprint density at radius 1 is 1.37 bits per heavy atom. The number of rotatable bonds is 6. The minimum Gasteiger partial charge on any atom is -0.497 e. The van der Waals surface area contributed by atoms with E-state index in [4.69, 9.17) is 4.74 Å². The van der Waals surface area contributed by atoms with Crippen LogP contribution in [0.3, 0.4) is 0 Å². The highest BCUT2D eigenvalue weighted by Gasteiger charge is 2.33. The van der Waals surface area contributed by atoms with Gasteiger partial charge in [0.05, 0.1) is 13.2 Å². The van der Waals surface area contributed by atoms with E-state index in [1.807, 2.05) is 21.0 Å². The molecule has 0 bridgehead atoms. The van der Waals surface area contributed by atoms with Gasteiger partial charge < -0.3 is 15.0 Å². The van der Waals surface area contributed by atoms with Gasteiger partial charge in [0, 0.05) is 17.2 Å². The Morgan fingerprint density at radius 3 is 2.42 bits per heavy atom. The maximum atomic E-state index is 14.3. The summed E-state index contributed by atoms with van der Waals surface area (Å²) in [5.41, 5.74) is 0.465. The van der Waals surface area contributed by atoms with Crippen molar-refractivity contribution in [1.82, 2.24) is 10.2 Å². The lowest BCUT2D eigenvalue weighted by Crippen LogP contribution is -2.49. The number of halogens is 1. The zero-order valence-electron chi connectivity index (χ0n) is 12.7. The average Bonchev–Trinajstić information content (AvgIpc) is 2.36. The molecule has 0 saturated heterocycles. The van der Waals surface area contributed by atoms with E-state index in [1.54, 1.807) is 19.2 Å². The van der Waals surface area contributed by atoms with Crippen LogP contribution in [0.5, 0.6) is 5.75 Å². The molecule has 108 valence electrons. The molecule has 0 aliphatic carbocycles. The Labute approximate surface area is 115 Å². The molecule has 4 heteroatoms. The second-order valence-electron chi connectivity index (χ2n) is 5.43. The lowest BCUT2D eigenvalue weighted by Gasteiger charge is -2.41. The molecule has 3 nitrogen and oxygen atoms in total. The molecule has 0 aliphatic heterocycles. The molecule has 1 unspecified atom stereocenters. The summed E-state index contributed by atoms with van der Waals surface area (Å²) >= 11 is 0. The van der Waals surface area contributed by atoms with Crippen molar-refractivity contribution in [2.24, 2.45) is 0 Å². The van der Waals surface area contributed by atoms with Gasteiger partial charge >= 0.3 is 0 Å². The number of methoxy groups -OCH3 is 1. The topological polar surface area (TPSA) is 24.5 Å². The summed E-state index contributed by atoms with van der Waals surface area (Å²) < 4.78 is 19.3. The van der Waals surface area contributed by atoms with E-state index >= 15 is 0 Å². The zero-order chi connectivity index (χ0) is 14.6. The highest BCUT2D eigenvalue weighted by molar-refractivity contribution is 5.32. The minimum absolute atomic E-state index is 0.0848. The van der Waals surface area contributed by atoms with Gasteiger partial charge in [-0.05, 0) is 40.6 Å². The van der Waals surface area contributed by atoms with Gasteiger partial charge in [0.2, 0.25) is 0 Å². The second kappa shape index (κ2) is 6.35. The smallest absolute Gasteiger partial charge is 0.131 e. The molecule has 19 heavy (non-hydrogen) atoms. The summed E-state index contributed by atoms with van der Waals surface area (Å²) in [5, 5.41) is 3.38. The fraction of sp³-hybridized carbons (Fsp3) is 0.600. The number of ether oxygens (including phenoxy) is 1. The molecule has 0 fully saturated rings. The van der Waals surface area contributed by atoms with Crippen molar-refractivity contribution in [3.8, 4) is 5.75 Å². The van der Waals surface area contributed by atoms with Crippen LogP contribution < -0.4 is 10.1 Å². The van der Waals surface area contributed by atoms with Crippen LogP contribution in [0, 0.1) is 5.82 Å². The highest BCUT2D eigenvalue weighted by atomic mass is 19.1. The van der Waals surface area contributed by atoms with Gasteiger partial charge in [0.25, 0.3) is 0 Å².